The van der Waals surface area contributed by atoms with E-state index in [9.17, 15) is 0 Å². The highest BCUT2D eigenvalue weighted by atomic mass is 79.9. The molecule has 3 N–H and O–H groups in total. The van der Waals surface area contributed by atoms with Crippen molar-refractivity contribution in [2.24, 2.45) is 5.73 Å². The minimum atomic E-state index is 0.0856. The molecule has 80 valence electrons. The maximum absolute atomic E-state index is 7.30. The Morgan fingerprint density at radius 1 is 1.12 bits per heavy atom. The summed E-state index contributed by atoms with van der Waals surface area (Å²) in [4.78, 5) is 4.07. The number of benzene rings is 1. The molecule has 0 aliphatic carbocycles. The van der Waals surface area contributed by atoms with E-state index in [-0.39, 0.29) is 5.84 Å². The lowest BCUT2D eigenvalue weighted by atomic mass is 10.1. The summed E-state index contributed by atoms with van der Waals surface area (Å²) in [5.74, 6) is 0.0856. The van der Waals surface area contributed by atoms with E-state index in [4.69, 9.17) is 11.1 Å². The number of nitrogens with one attached hydrogen (secondary N) is 1. The van der Waals surface area contributed by atoms with Crippen molar-refractivity contribution in [2.45, 2.75) is 0 Å². The van der Waals surface area contributed by atoms with Gasteiger partial charge in [-0.15, -0.1) is 0 Å². The summed E-state index contributed by atoms with van der Waals surface area (Å²) < 4.78 is 0.806. The largest absolute Gasteiger partial charge is 0.384 e. The zero-order chi connectivity index (χ0) is 11.5. The molecule has 0 spiro atoms. The highest BCUT2D eigenvalue weighted by Gasteiger charge is 2.00. The number of nitrogens with two attached hydrogens (primary N) is 1. The predicted molar refractivity (Wildman–Crippen MR) is 68.4 cm³/mol. The number of hydrogen-bond acceptors (Lipinski definition) is 2. The fraction of sp³-hybridized carbons (Fsp3) is 0. The molecule has 0 aliphatic heterocycles. The average Bonchev–Trinajstić information content (AvgIpc) is 2.29. The van der Waals surface area contributed by atoms with Crippen LogP contribution < -0.4 is 5.73 Å². The number of nitrogens with zero attached hydrogens (tertiary/aromatic N) is 1. The quantitative estimate of drug-likeness (QED) is 0.503. The normalized spacial score (nSPS) is 10.1. The van der Waals surface area contributed by atoms with Crippen molar-refractivity contribution in [1.29, 1.82) is 5.41 Å². The Hall–Kier alpha value is -1.68. The number of pyridine rings is 1. The van der Waals surface area contributed by atoms with Gasteiger partial charge in [-0.1, -0.05) is 24.3 Å². The van der Waals surface area contributed by atoms with Crippen LogP contribution in [0.15, 0.2) is 47.2 Å². The van der Waals surface area contributed by atoms with Gasteiger partial charge in [0, 0.05) is 11.8 Å². The Morgan fingerprint density at radius 3 is 2.38 bits per heavy atom. The lowest BCUT2D eigenvalue weighted by molar-refractivity contribution is 1.28. The van der Waals surface area contributed by atoms with E-state index >= 15 is 0 Å². The maximum atomic E-state index is 7.30. The zero-order valence-corrected chi connectivity index (χ0v) is 10.0. The summed E-state index contributed by atoms with van der Waals surface area (Å²) in [5, 5.41) is 7.30. The van der Waals surface area contributed by atoms with Gasteiger partial charge in [-0.2, -0.15) is 0 Å². The van der Waals surface area contributed by atoms with E-state index in [1.54, 1.807) is 6.20 Å². The first-order chi connectivity index (χ1) is 7.66. The lowest BCUT2D eigenvalue weighted by Gasteiger charge is -2.03. The van der Waals surface area contributed by atoms with Crippen LogP contribution in [0.3, 0.4) is 0 Å². The van der Waals surface area contributed by atoms with E-state index < -0.39 is 0 Å². The fourth-order valence-electron chi connectivity index (χ4n) is 1.42. The minimum absolute atomic E-state index is 0.0856. The molecule has 0 saturated carbocycles. The molecule has 16 heavy (non-hydrogen) atoms. The van der Waals surface area contributed by atoms with Gasteiger partial charge in [0.2, 0.25) is 0 Å². The molecule has 3 nitrogen and oxygen atoms in total. The summed E-state index contributed by atoms with van der Waals surface area (Å²) in [5.41, 5.74) is 8.28. The molecule has 0 saturated heterocycles. The fourth-order valence-corrected chi connectivity index (χ4v) is 1.79. The Bertz CT molecular complexity index is 520. The van der Waals surface area contributed by atoms with Crippen LogP contribution >= 0.6 is 15.9 Å². The molecule has 0 fully saturated rings. The van der Waals surface area contributed by atoms with Crippen LogP contribution in [0.25, 0.3) is 11.1 Å². The molecule has 0 amide bonds. The van der Waals surface area contributed by atoms with Crippen molar-refractivity contribution in [3.05, 3.63) is 52.8 Å². The van der Waals surface area contributed by atoms with Crippen molar-refractivity contribution in [3.8, 4) is 11.1 Å². The third-order valence-electron chi connectivity index (χ3n) is 2.26. The van der Waals surface area contributed by atoms with Crippen LogP contribution in [0.1, 0.15) is 5.56 Å². The maximum Gasteiger partial charge on any atom is 0.122 e. The average molecular weight is 276 g/mol. The molecule has 2 aromatic rings. The molecule has 0 bridgehead atoms. The van der Waals surface area contributed by atoms with Crippen LogP contribution in [0.4, 0.5) is 0 Å². The highest BCUT2D eigenvalue weighted by molar-refractivity contribution is 9.10. The van der Waals surface area contributed by atoms with Crippen molar-refractivity contribution < 1.29 is 0 Å². The summed E-state index contributed by atoms with van der Waals surface area (Å²) in [6.07, 6.45) is 1.75. The number of amidine groups is 1. The Kier molecular flexibility index (Phi) is 3.01. The number of halogens is 1. The molecule has 2 rings (SSSR count). The van der Waals surface area contributed by atoms with Gasteiger partial charge >= 0.3 is 0 Å². The standard InChI is InChI=1S/C12H10BrN3/c13-11-7-10(5-6-16-11)8-1-3-9(4-2-8)12(14)15/h1-7H,(H3,14,15). The number of hydrogen-bond donors (Lipinski definition) is 2. The third-order valence-corrected chi connectivity index (χ3v) is 2.69. The first-order valence-corrected chi connectivity index (χ1v) is 5.52. The van der Waals surface area contributed by atoms with E-state index in [0.717, 1.165) is 21.3 Å². The van der Waals surface area contributed by atoms with Gasteiger partial charge in [-0.25, -0.2) is 4.98 Å². The molecule has 0 radical (unpaired) electrons. The Morgan fingerprint density at radius 2 is 1.81 bits per heavy atom. The first kappa shape index (κ1) is 10.8. The molecule has 0 atom stereocenters. The van der Waals surface area contributed by atoms with Crippen molar-refractivity contribution in [3.63, 3.8) is 0 Å². The monoisotopic (exact) mass is 275 g/mol. The minimum Gasteiger partial charge on any atom is -0.384 e. The van der Waals surface area contributed by atoms with Gasteiger partial charge in [0.1, 0.15) is 10.4 Å². The van der Waals surface area contributed by atoms with Crippen LogP contribution in [-0.2, 0) is 0 Å². The van der Waals surface area contributed by atoms with Gasteiger partial charge in [-0.3, -0.25) is 5.41 Å². The summed E-state index contributed by atoms with van der Waals surface area (Å²) in [6.45, 7) is 0. The van der Waals surface area contributed by atoms with E-state index in [1.807, 2.05) is 36.4 Å². The first-order valence-electron chi connectivity index (χ1n) is 4.73. The SMILES string of the molecule is N=C(N)c1ccc(-c2ccnc(Br)c2)cc1. The molecule has 0 unspecified atom stereocenters. The van der Waals surface area contributed by atoms with Crippen LogP contribution in [0, 0.1) is 5.41 Å². The zero-order valence-electron chi connectivity index (χ0n) is 8.44. The summed E-state index contributed by atoms with van der Waals surface area (Å²) in [7, 11) is 0. The molecule has 1 heterocycles. The van der Waals surface area contributed by atoms with Crippen molar-refractivity contribution >= 4 is 21.8 Å². The number of nitrogen functional groups attached to an aromatic ring is 1. The van der Waals surface area contributed by atoms with E-state index in [0.29, 0.717) is 0 Å². The lowest BCUT2D eigenvalue weighted by Crippen LogP contribution is -2.10. The topological polar surface area (TPSA) is 62.8 Å². The second-order valence-corrected chi connectivity index (χ2v) is 4.17. The molecule has 1 aromatic carbocycles. The van der Waals surface area contributed by atoms with Crippen molar-refractivity contribution in [1.82, 2.24) is 4.98 Å². The molecular formula is C12H10BrN3. The second kappa shape index (κ2) is 4.45. The molecule has 1 aromatic heterocycles. The van der Waals surface area contributed by atoms with Crippen molar-refractivity contribution in [2.75, 3.05) is 0 Å². The Labute approximate surface area is 102 Å². The van der Waals surface area contributed by atoms with E-state index in [2.05, 4.69) is 20.9 Å². The highest BCUT2D eigenvalue weighted by Crippen LogP contribution is 2.21. The summed E-state index contributed by atoms with van der Waals surface area (Å²) in [6, 6.07) is 11.4. The van der Waals surface area contributed by atoms with Gasteiger partial charge in [-0.05, 0) is 39.2 Å². The van der Waals surface area contributed by atoms with Gasteiger partial charge in [0.15, 0.2) is 0 Å². The number of rotatable bonds is 2. The van der Waals surface area contributed by atoms with Gasteiger partial charge in [0.25, 0.3) is 0 Å². The predicted octanol–water partition coefficient (Wildman–Crippen LogP) is 2.80. The molecule has 4 heteroatoms. The number of aromatic nitrogens is 1. The Balaban J connectivity index is 2.38. The van der Waals surface area contributed by atoms with E-state index in [1.165, 1.54) is 0 Å². The summed E-state index contributed by atoms with van der Waals surface area (Å²) >= 11 is 3.33. The van der Waals surface area contributed by atoms with Gasteiger partial charge in [0.05, 0.1) is 0 Å². The molecule has 0 aliphatic rings. The molecular weight excluding hydrogens is 266 g/mol. The second-order valence-electron chi connectivity index (χ2n) is 3.36. The van der Waals surface area contributed by atoms with Crippen LogP contribution in [0.2, 0.25) is 0 Å². The van der Waals surface area contributed by atoms with Gasteiger partial charge < -0.3 is 5.73 Å². The van der Waals surface area contributed by atoms with Crippen LogP contribution in [0.5, 0.6) is 0 Å². The van der Waals surface area contributed by atoms with Crippen LogP contribution in [-0.4, -0.2) is 10.8 Å². The third kappa shape index (κ3) is 2.28. The smallest absolute Gasteiger partial charge is 0.122 e.